The summed E-state index contributed by atoms with van der Waals surface area (Å²) < 4.78 is 0.908. The Morgan fingerprint density at radius 3 is 2.50 bits per heavy atom. The molecule has 1 aromatic carbocycles. The summed E-state index contributed by atoms with van der Waals surface area (Å²) >= 11 is 3.42. The van der Waals surface area contributed by atoms with Crippen LogP contribution in [0.1, 0.15) is 31.2 Å². The van der Waals surface area contributed by atoms with E-state index in [9.17, 15) is 10.1 Å². The zero-order valence-electron chi connectivity index (χ0n) is 9.93. The second-order valence-electron chi connectivity index (χ2n) is 5.15. The summed E-state index contributed by atoms with van der Waals surface area (Å²) in [6, 6.07) is 5.23. The number of nitro benzene ring substituents is 1. The van der Waals surface area contributed by atoms with Gasteiger partial charge in [-0.3, -0.25) is 10.1 Å². The van der Waals surface area contributed by atoms with E-state index in [2.05, 4.69) is 22.0 Å². The van der Waals surface area contributed by atoms with Crippen molar-refractivity contribution < 1.29 is 4.92 Å². The maximum atomic E-state index is 11.1. The number of rotatable bonds is 2. The third-order valence-corrected chi connectivity index (χ3v) is 4.59. The van der Waals surface area contributed by atoms with Crippen LogP contribution in [0.3, 0.4) is 0 Å². The molecular weight excluding hydrogens is 294 g/mol. The van der Waals surface area contributed by atoms with E-state index in [0.717, 1.165) is 10.0 Å². The first-order chi connectivity index (χ1) is 8.65. The number of allylic oxidation sites excluding steroid dienone is 2. The van der Waals surface area contributed by atoms with Gasteiger partial charge < -0.3 is 0 Å². The Kier molecular flexibility index (Phi) is 2.98. The highest BCUT2D eigenvalue weighted by Gasteiger charge is 2.32. The highest BCUT2D eigenvalue weighted by molar-refractivity contribution is 9.10. The van der Waals surface area contributed by atoms with Crippen LogP contribution in [0.15, 0.2) is 28.7 Å². The normalized spacial score (nSPS) is 25.9. The van der Waals surface area contributed by atoms with Crippen molar-refractivity contribution in [1.82, 2.24) is 0 Å². The van der Waals surface area contributed by atoms with Crippen molar-refractivity contribution in [2.45, 2.75) is 25.7 Å². The van der Waals surface area contributed by atoms with Gasteiger partial charge in [-0.25, -0.2) is 0 Å². The van der Waals surface area contributed by atoms with Gasteiger partial charge in [0.25, 0.3) is 5.69 Å². The van der Waals surface area contributed by atoms with E-state index in [0.29, 0.717) is 11.8 Å². The largest absolute Gasteiger partial charge is 0.276 e. The number of fused-ring (bicyclic) bond motifs is 2. The van der Waals surface area contributed by atoms with Crippen molar-refractivity contribution in [3.8, 4) is 0 Å². The third kappa shape index (κ3) is 1.99. The minimum Gasteiger partial charge on any atom is -0.258 e. The molecule has 94 valence electrons. The van der Waals surface area contributed by atoms with E-state index in [1.54, 1.807) is 12.1 Å². The standard InChI is InChI=1S/C14H14BrNO2/c15-11-5-6-14(16(17)18)13(8-11)12-7-9-1-3-10(12)4-2-9/h5-10H,1-4H2. The van der Waals surface area contributed by atoms with Crippen LogP contribution in [0.2, 0.25) is 0 Å². The fourth-order valence-corrected chi connectivity index (χ4v) is 3.56. The summed E-state index contributed by atoms with van der Waals surface area (Å²) in [5.41, 5.74) is 2.24. The monoisotopic (exact) mass is 307 g/mol. The highest BCUT2D eigenvalue weighted by Crippen LogP contribution is 2.47. The molecule has 2 bridgehead atoms. The summed E-state index contributed by atoms with van der Waals surface area (Å²) in [7, 11) is 0. The summed E-state index contributed by atoms with van der Waals surface area (Å²) in [4.78, 5) is 10.9. The number of hydrogen-bond donors (Lipinski definition) is 0. The zero-order valence-corrected chi connectivity index (χ0v) is 11.5. The lowest BCUT2D eigenvalue weighted by atomic mass is 9.69. The van der Waals surface area contributed by atoms with Gasteiger partial charge in [-0.2, -0.15) is 0 Å². The predicted octanol–water partition coefficient (Wildman–Crippen LogP) is 4.56. The summed E-state index contributed by atoms with van der Waals surface area (Å²) in [6.07, 6.45) is 7.12. The molecule has 3 aliphatic rings. The Morgan fingerprint density at radius 1 is 1.22 bits per heavy atom. The molecule has 1 saturated carbocycles. The summed E-state index contributed by atoms with van der Waals surface area (Å²) in [5.74, 6) is 1.14. The Balaban J connectivity index is 2.11. The van der Waals surface area contributed by atoms with Crippen LogP contribution in [-0.2, 0) is 0 Å². The fourth-order valence-electron chi connectivity index (χ4n) is 3.20. The van der Waals surface area contributed by atoms with Crippen LogP contribution in [0.5, 0.6) is 0 Å². The number of halogens is 1. The highest BCUT2D eigenvalue weighted by atomic mass is 79.9. The second-order valence-corrected chi connectivity index (χ2v) is 6.07. The van der Waals surface area contributed by atoms with E-state index in [1.807, 2.05) is 6.07 Å². The van der Waals surface area contributed by atoms with Crippen molar-refractivity contribution in [3.05, 3.63) is 44.4 Å². The van der Waals surface area contributed by atoms with E-state index < -0.39 is 0 Å². The molecule has 0 unspecified atom stereocenters. The molecule has 0 heterocycles. The molecule has 3 aliphatic carbocycles. The molecule has 0 saturated heterocycles. The molecule has 18 heavy (non-hydrogen) atoms. The van der Waals surface area contributed by atoms with Gasteiger partial charge >= 0.3 is 0 Å². The third-order valence-electron chi connectivity index (χ3n) is 4.09. The molecule has 0 radical (unpaired) electrons. The molecule has 1 aromatic rings. The topological polar surface area (TPSA) is 43.1 Å². The molecule has 1 fully saturated rings. The maximum absolute atomic E-state index is 11.1. The van der Waals surface area contributed by atoms with Crippen molar-refractivity contribution in [2.75, 3.05) is 0 Å². The smallest absolute Gasteiger partial charge is 0.258 e. The first kappa shape index (κ1) is 11.9. The van der Waals surface area contributed by atoms with Gasteiger partial charge in [0.1, 0.15) is 0 Å². The molecule has 0 atom stereocenters. The maximum Gasteiger partial charge on any atom is 0.276 e. The number of hydrogen-bond acceptors (Lipinski definition) is 2. The zero-order chi connectivity index (χ0) is 12.7. The first-order valence-corrected chi connectivity index (χ1v) is 7.10. The van der Waals surface area contributed by atoms with E-state index in [4.69, 9.17) is 0 Å². The van der Waals surface area contributed by atoms with Crippen LogP contribution in [0.4, 0.5) is 5.69 Å². The average molecular weight is 308 g/mol. The van der Waals surface area contributed by atoms with E-state index in [-0.39, 0.29) is 10.6 Å². The fraction of sp³-hybridized carbons (Fsp3) is 0.429. The van der Waals surface area contributed by atoms with Crippen LogP contribution >= 0.6 is 15.9 Å². The molecular formula is C14H14BrNO2. The lowest BCUT2D eigenvalue weighted by Gasteiger charge is -2.35. The molecule has 3 nitrogen and oxygen atoms in total. The quantitative estimate of drug-likeness (QED) is 0.593. The predicted molar refractivity (Wildman–Crippen MR) is 74.2 cm³/mol. The van der Waals surface area contributed by atoms with Gasteiger partial charge in [-0.1, -0.05) is 22.0 Å². The van der Waals surface area contributed by atoms with E-state index in [1.165, 1.54) is 31.3 Å². The molecule has 0 amide bonds. The molecule has 0 N–H and O–H groups in total. The molecule has 0 aromatic heterocycles. The summed E-state index contributed by atoms with van der Waals surface area (Å²) in [5, 5.41) is 11.1. The Morgan fingerprint density at radius 2 is 1.94 bits per heavy atom. The molecule has 0 aliphatic heterocycles. The van der Waals surface area contributed by atoms with Crippen LogP contribution in [-0.4, -0.2) is 4.92 Å². The van der Waals surface area contributed by atoms with Gasteiger partial charge in [-0.15, -0.1) is 0 Å². The molecule has 4 heteroatoms. The van der Waals surface area contributed by atoms with Gasteiger partial charge in [0.05, 0.1) is 10.5 Å². The minimum atomic E-state index is -0.273. The van der Waals surface area contributed by atoms with Crippen LogP contribution in [0, 0.1) is 22.0 Å². The van der Waals surface area contributed by atoms with Gasteiger partial charge in [-0.05, 0) is 55.2 Å². The molecule has 4 rings (SSSR count). The lowest BCUT2D eigenvalue weighted by Crippen LogP contribution is -2.21. The number of benzene rings is 1. The van der Waals surface area contributed by atoms with Gasteiger partial charge in [0, 0.05) is 10.5 Å². The van der Waals surface area contributed by atoms with Crippen molar-refractivity contribution in [1.29, 1.82) is 0 Å². The Bertz CT molecular complexity index is 531. The van der Waals surface area contributed by atoms with E-state index >= 15 is 0 Å². The van der Waals surface area contributed by atoms with Crippen molar-refractivity contribution >= 4 is 27.2 Å². The lowest BCUT2D eigenvalue weighted by molar-refractivity contribution is -0.385. The minimum absolute atomic E-state index is 0.233. The first-order valence-electron chi connectivity index (χ1n) is 6.31. The Hall–Kier alpha value is -1.16. The molecule has 0 spiro atoms. The summed E-state index contributed by atoms with van der Waals surface area (Å²) in [6.45, 7) is 0. The number of nitrogens with zero attached hydrogens (tertiary/aromatic N) is 1. The van der Waals surface area contributed by atoms with Crippen molar-refractivity contribution in [2.24, 2.45) is 11.8 Å². The van der Waals surface area contributed by atoms with Crippen molar-refractivity contribution in [3.63, 3.8) is 0 Å². The van der Waals surface area contributed by atoms with Gasteiger partial charge in [0.2, 0.25) is 0 Å². The van der Waals surface area contributed by atoms with Crippen LogP contribution in [0.25, 0.3) is 5.57 Å². The second kappa shape index (κ2) is 4.50. The Labute approximate surface area is 114 Å². The van der Waals surface area contributed by atoms with Crippen LogP contribution < -0.4 is 0 Å². The van der Waals surface area contributed by atoms with Gasteiger partial charge in [0.15, 0.2) is 0 Å². The SMILES string of the molecule is O=[N+]([O-])c1ccc(Br)cc1C1=CC2CCC1CC2. The average Bonchev–Trinajstić information content (AvgIpc) is 2.39. The number of nitro groups is 1.